The Morgan fingerprint density at radius 1 is 1.03 bits per heavy atom. The number of carboxylic acid groups (broad SMARTS) is 1. The number of amides is 2. The standard InChI is InChI=1S/C27H32N2O5/c1-18(10-13-25(30)29(16-26(31)32)19-11-12-19)14-15-28-27(33)34-17-24-22-8-4-2-6-20(22)21-7-3-5-9-23(21)24/h2-9,18-19,24H,10-17H2,1H3,(H,28,33)(H,31,32). The van der Waals surface area contributed by atoms with Crippen molar-refractivity contribution in [3.63, 3.8) is 0 Å². The quantitative estimate of drug-likeness (QED) is 0.514. The molecule has 0 radical (unpaired) electrons. The summed E-state index contributed by atoms with van der Waals surface area (Å²) in [5.41, 5.74) is 4.74. The summed E-state index contributed by atoms with van der Waals surface area (Å²) in [6.45, 7) is 2.56. The molecule has 0 aliphatic heterocycles. The predicted molar refractivity (Wildman–Crippen MR) is 128 cm³/mol. The fourth-order valence-corrected chi connectivity index (χ4v) is 4.68. The molecule has 0 bridgehead atoms. The van der Waals surface area contributed by atoms with Gasteiger partial charge in [-0.1, -0.05) is 55.5 Å². The van der Waals surface area contributed by atoms with Crippen molar-refractivity contribution in [3.8, 4) is 11.1 Å². The van der Waals surface area contributed by atoms with Crippen molar-refractivity contribution in [2.75, 3.05) is 19.7 Å². The van der Waals surface area contributed by atoms with E-state index in [1.807, 2.05) is 31.2 Å². The molecule has 2 N–H and O–H groups in total. The van der Waals surface area contributed by atoms with Gasteiger partial charge in [0.2, 0.25) is 5.91 Å². The van der Waals surface area contributed by atoms with Crippen LogP contribution in [0.5, 0.6) is 0 Å². The van der Waals surface area contributed by atoms with Gasteiger partial charge < -0.3 is 20.1 Å². The first-order chi connectivity index (χ1) is 16.4. The van der Waals surface area contributed by atoms with Crippen molar-refractivity contribution >= 4 is 18.0 Å². The van der Waals surface area contributed by atoms with Gasteiger partial charge in [-0.15, -0.1) is 0 Å². The first kappa shape index (κ1) is 23.8. The Morgan fingerprint density at radius 2 is 1.65 bits per heavy atom. The molecule has 0 saturated heterocycles. The van der Waals surface area contributed by atoms with Crippen LogP contribution in [0.15, 0.2) is 48.5 Å². The van der Waals surface area contributed by atoms with Gasteiger partial charge in [-0.05, 0) is 53.9 Å². The van der Waals surface area contributed by atoms with Gasteiger partial charge in [0.1, 0.15) is 13.2 Å². The van der Waals surface area contributed by atoms with E-state index in [9.17, 15) is 14.4 Å². The molecule has 0 aromatic heterocycles. The SMILES string of the molecule is CC(CCNC(=O)OCC1c2ccccc2-c2ccccc21)CCC(=O)N(CC(=O)O)C1CC1. The van der Waals surface area contributed by atoms with Gasteiger partial charge in [-0.3, -0.25) is 9.59 Å². The molecule has 2 aliphatic carbocycles. The number of nitrogens with one attached hydrogen (secondary N) is 1. The zero-order valence-corrected chi connectivity index (χ0v) is 19.5. The van der Waals surface area contributed by atoms with Crippen LogP contribution >= 0.6 is 0 Å². The summed E-state index contributed by atoms with van der Waals surface area (Å²) in [4.78, 5) is 37.2. The second-order valence-electron chi connectivity index (χ2n) is 9.33. The highest BCUT2D eigenvalue weighted by atomic mass is 16.5. The van der Waals surface area contributed by atoms with Crippen molar-refractivity contribution in [3.05, 3.63) is 59.7 Å². The van der Waals surface area contributed by atoms with Gasteiger partial charge in [-0.2, -0.15) is 0 Å². The monoisotopic (exact) mass is 464 g/mol. The number of aliphatic carboxylic acids is 1. The summed E-state index contributed by atoms with van der Waals surface area (Å²) < 4.78 is 5.55. The summed E-state index contributed by atoms with van der Waals surface area (Å²) in [7, 11) is 0. The molecule has 4 rings (SSSR count). The minimum atomic E-state index is -0.972. The van der Waals surface area contributed by atoms with E-state index in [1.54, 1.807) is 0 Å². The number of carboxylic acids is 1. The Morgan fingerprint density at radius 3 is 2.24 bits per heavy atom. The first-order valence-electron chi connectivity index (χ1n) is 12.0. The lowest BCUT2D eigenvalue weighted by atomic mass is 9.98. The van der Waals surface area contributed by atoms with E-state index in [1.165, 1.54) is 27.2 Å². The van der Waals surface area contributed by atoms with Crippen LogP contribution in [-0.2, 0) is 14.3 Å². The average molecular weight is 465 g/mol. The topological polar surface area (TPSA) is 95.9 Å². The maximum atomic E-state index is 12.4. The van der Waals surface area contributed by atoms with E-state index >= 15 is 0 Å². The van der Waals surface area contributed by atoms with Gasteiger partial charge in [0.25, 0.3) is 0 Å². The van der Waals surface area contributed by atoms with Crippen molar-refractivity contribution in [1.29, 1.82) is 0 Å². The zero-order chi connectivity index (χ0) is 24.1. The molecule has 7 nitrogen and oxygen atoms in total. The Bertz CT molecular complexity index is 1000. The van der Waals surface area contributed by atoms with Crippen LogP contribution in [0.3, 0.4) is 0 Å². The number of hydrogen-bond donors (Lipinski definition) is 2. The number of nitrogens with zero attached hydrogens (tertiary/aromatic N) is 1. The number of carbonyl (C=O) groups excluding carboxylic acids is 2. The molecule has 2 aromatic rings. The van der Waals surface area contributed by atoms with Crippen LogP contribution in [-0.4, -0.2) is 53.7 Å². The Labute approximate surface area is 200 Å². The molecule has 34 heavy (non-hydrogen) atoms. The van der Waals surface area contributed by atoms with Crippen LogP contribution in [0.1, 0.15) is 56.1 Å². The Hall–Kier alpha value is -3.35. The lowest BCUT2D eigenvalue weighted by molar-refractivity contribution is -0.145. The third kappa shape index (κ3) is 5.76. The van der Waals surface area contributed by atoms with Crippen LogP contribution in [0.25, 0.3) is 11.1 Å². The third-order valence-corrected chi connectivity index (χ3v) is 6.71. The number of hydrogen-bond acceptors (Lipinski definition) is 4. The Balaban J connectivity index is 1.18. The molecule has 1 saturated carbocycles. The number of carbonyl (C=O) groups is 3. The minimum Gasteiger partial charge on any atom is -0.480 e. The lowest BCUT2D eigenvalue weighted by Crippen LogP contribution is -2.37. The van der Waals surface area contributed by atoms with Crippen molar-refractivity contribution in [2.24, 2.45) is 5.92 Å². The summed E-state index contributed by atoms with van der Waals surface area (Å²) >= 11 is 0. The van der Waals surface area contributed by atoms with Crippen LogP contribution in [0.4, 0.5) is 4.79 Å². The molecule has 1 atom stereocenters. The molecule has 2 aromatic carbocycles. The first-order valence-corrected chi connectivity index (χ1v) is 12.0. The molecule has 2 aliphatic rings. The highest BCUT2D eigenvalue weighted by Gasteiger charge is 2.33. The van der Waals surface area contributed by atoms with Crippen molar-refractivity contribution in [1.82, 2.24) is 10.2 Å². The molecular weight excluding hydrogens is 432 g/mol. The van der Waals surface area contributed by atoms with Crippen molar-refractivity contribution in [2.45, 2.75) is 51.0 Å². The molecule has 180 valence electrons. The molecular formula is C27H32N2O5. The van der Waals surface area contributed by atoms with Gasteiger partial charge in [0.15, 0.2) is 0 Å². The maximum Gasteiger partial charge on any atom is 0.407 e. The fourth-order valence-electron chi connectivity index (χ4n) is 4.68. The summed E-state index contributed by atoms with van der Waals surface area (Å²) in [5, 5.41) is 11.8. The van der Waals surface area contributed by atoms with E-state index in [0.717, 1.165) is 19.3 Å². The highest BCUT2D eigenvalue weighted by Crippen LogP contribution is 2.44. The highest BCUT2D eigenvalue weighted by molar-refractivity contribution is 5.82. The fraction of sp³-hybridized carbons (Fsp3) is 0.444. The van der Waals surface area contributed by atoms with Crippen LogP contribution in [0, 0.1) is 5.92 Å². The predicted octanol–water partition coefficient (Wildman–Crippen LogP) is 4.41. The summed E-state index contributed by atoms with van der Waals surface area (Å²) in [6.07, 6.45) is 3.05. The smallest absolute Gasteiger partial charge is 0.407 e. The average Bonchev–Trinajstić information content (AvgIpc) is 3.62. The number of rotatable bonds is 11. The van der Waals surface area contributed by atoms with Gasteiger partial charge >= 0.3 is 12.1 Å². The molecule has 0 spiro atoms. The van der Waals surface area contributed by atoms with E-state index in [4.69, 9.17) is 9.84 Å². The van der Waals surface area contributed by atoms with Crippen LogP contribution < -0.4 is 5.32 Å². The molecule has 1 fully saturated rings. The normalized spacial score (nSPS) is 15.2. The largest absolute Gasteiger partial charge is 0.480 e. The number of benzene rings is 2. The summed E-state index contributed by atoms with van der Waals surface area (Å²) in [6, 6.07) is 16.5. The minimum absolute atomic E-state index is 0.0308. The van der Waals surface area contributed by atoms with Gasteiger partial charge in [-0.25, -0.2) is 4.79 Å². The van der Waals surface area contributed by atoms with Gasteiger partial charge in [0.05, 0.1) is 0 Å². The van der Waals surface area contributed by atoms with E-state index < -0.39 is 12.1 Å². The number of ether oxygens (including phenoxy) is 1. The van der Waals surface area contributed by atoms with E-state index in [0.29, 0.717) is 19.4 Å². The molecule has 2 amide bonds. The van der Waals surface area contributed by atoms with Crippen LogP contribution in [0.2, 0.25) is 0 Å². The maximum absolute atomic E-state index is 12.4. The molecule has 7 heteroatoms. The summed E-state index contributed by atoms with van der Waals surface area (Å²) in [5.74, 6) is -0.811. The third-order valence-electron chi connectivity index (χ3n) is 6.71. The zero-order valence-electron chi connectivity index (χ0n) is 19.5. The second-order valence-corrected chi connectivity index (χ2v) is 9.33. The van der Waals surface area contributed by atoms with Gasteiger partial charge in [0, 0.05) is 24.9 Å². The lowest BCUT2D eigenvalue weighted by Gasteiger charge is -2.21. The van der Waals surface area contributed by atoms with E-state index in [2.05, 4.69) is 29.6 Å². The number of alkyl carbamates (subject to hydrolysis) is 1. The Kier molecular flexibility index (Phi) is 7.50. The van der Waals surface area contributed by atoms with E-state index in [-0.39, 0.29) is 36.9 Å². The molecule has 1 unspecified atom stereocenters. The van der Waals surface area contributed by atoms with Crippen molar-refractivity contribution < 1.29 is 24.2 Å². The number of fused-ring (bicyclic) bond motifs is 3. The molecule has 0 heterocycles. The second kappa shape index (κ2) is 10.7.